The smallest absolute Gasteiger partial charge is 0.236 e. The van der Waals surface area contributed by atoms with Crippen LogP contribution in [0.3, 0.4) is 0 Å². The monoisotopic (exact) mass is 218 g/mol. The van der Waals surface area contributed by atoms with Crippen LogP contribution in [0.15, 0.2) is 0 Å². The van der Waals surface area contributed by atoms with Crippen LogP contribution in [0.25, 0.3) is 0 Å². The first-order valence-corrected chi connectivity index (χ1v) is 5.27. The minimum absolute atomic E-state index is 0.0890. The van der Waals surface area contributed by atoms with E-state index in [0.29, 0.717) is 12.5 Å². The summed E-state index contributed by atoms with van der Waals surface area (Å²) in [5.41, 5.74) is 0. The third-order valence-electron chi connectivity index (χ3n) is 1.95. The zero-order valence-corrected chi connectivity index (χ0v) is 9.66. The Morgan fingerprint density at radius 1 is 1.27 bits per heavy atom. The van der Waals surface area contributed by atoms with E-state index in [0.717, 1.165) is 0 Å². The summed E-state index contributed by atoms with van der Waals surface area (Å²) in [7, 11) is 0. The van der Waals surface area contributed by atoms with Crippen molar-refractivity contribution in [3.8, 4) is 0 Å². The lowest BCUT2D eigenvalue weighted by Gasteiger charge is -2.16. The van der Waals surface area contributed by atoms with Gasteiger partial charge in [-0.3, -0.25) is 4.79 Å². The zero-order valence-electron chi connectivity index (χ0n) is 9.66. The molecule has 0 saturated carbocycles. The number of amides is 1. The van der Waals surface area contributed by atoms with Gasteiger partial charge in [-0.1, -0.05) is 13.8 Å². The van der Waals surface area contributed by atoms with E-state index in [2.05, 4.69) is 10.6 Å². The molecule has 0 aliphatic heterocycles. The molecule has 0 aromatic rings. The summed E-state index contributed by atoms with van der Waals surface area (Å²) in [6, 6.07) is -0.357. The molecule has 0 aromatic carbocycles. The third kappa shape index (κ3) is 7.30. The van der Waals surface area contributed by atoms with Gasteiger partial charge in [-0.15, -0.1) is 0 Å². The maximum absolute atomic E-state index is 11.4. The highest BCUT2D eigenvalue weighted by Crippen LogP contribution is 1.89. The van der Waals surface area contributed by atoms with Crippen molar-refractivity contribution in [3.05, 3.63) is 0 Å². The second-order valence-electron chi connectivity index (χ2n) is 4.11. The number of nitrogens with one attached hydrogen (secondary N) is 2. The van der Waals surface area contributed by atoms with Crippen LogP contribution in [-0.2, 0) is 4.79 Å². The Kier molecular flexibility index (Phi) is 7.29. The standard InChI is InChI=1S/C10H22N2O3/c1-7(2)4-12-10(15)8(3)11-5-9(14)6-13/h7-9,11,13-14H,4-6H2,1-3H3,(H,12,15)/t8?,9-/m0/s1. The van der Waals surface area contributed by atoms with Gasteiger partial charge >= 0.3 is 0 Å². The first-order valence-electron chi connectivity index (χ1n) is 5.27. The van der Waals surface area contributed by atoms with E-state index >= 15 is 0 Å². The van der Waals surface area contributed by atoms with Gasteiger partial charge < -0.3 is 20.8 Å². The SMILES string of the molecule is CC(C)CNC(=O)C(C)NC[C@H](O)CO. The van der Waals surface area contributed by atoms with E-state index in [1.165, 1.54) is 0 Å². The minimum Gasteiger partial charge on any atom is -0.394 e. The Bertz CT molecular complexity index is 186. The number of hydrogen-bond donors (Lipinski definition) is 4. The molecule has 0 rings (SSSR count). The van der Waals surface area contributed by atoms with Crippen LogP contribution < -0.4 is 10.6 Å². The lowest BCUT2D eigenvalue weighted by molar-refractivity contribution is -0.123. The van der Waals surface area contributed by atoms with Gasteiger partial charge in [0.15, 0.2) is 0 Å². The summed E-state index contributed by atoms with van der Waals surface area (Å²) in [6.45, 7) is 6.33. The molecule has 0 bridgehead atoms. The number of carbonyl (C=O) groups is 1. The van der Waals surface area contributed by atoms with Crippen LogP contribution in [0, 0.1) is 5.92 Å². The first kappa shape index (κ1) is 14.3. The van der Waals surface area contributed by atoms with Crippen LogP contribution in [-0.4, -0.2) is 48.0 Å². The Hall–Kier alpha value is -0.650. The van der Waals surface area contributed by atoms with Crippen molar-refractivity contribution < 1.29 is 15.0 Å². The number of hydrogen-bond acceptors (Lipinski definition) is 4. The fourth-order valence-electron chi connectivity index (χ4n) is 0.928. The second kappa shape index (κ2) is 7.62. The van der Waals surface area contributed by atoms with Crippen molar-refractivity contribution in [3.63, 3.8) is 0 Å². The van der Waals surface area contributed by atoms with Gasteiger partial charge in [0, 0.05) is 13.1 Å². The molecule has 0 radical (unpaired) electrons. The average molecular weight is 218 g/mol. The molecule has 0 fully saturated rings. The number of carbonyl (C=O) groups excluding carboxylic acids is 1. The Balaban J connectivity index is 3.69. The quantitative estimate of drug-likeness (QED) is 0.446. The van der Waals surface area contributed by atoms with Crippen molar-refractivity contribution in [1.82, 2.24) is 10.6 Å². The van der Waals surface area contributed by atoms with Crippen LogP contribution in [0.2, 0.25) is 0 Å². The maximum atomic E-state index is 11.4. The van der Waals surface area contributed by atoms with Crippen molar-refractivity contribution >= 4 is 5.91 Å². The van der Waals surface area contributed by atoms with E-state index in [9.17, 15) is 4.79 Å². The fourth-order valence-corrected chi connectivity index (χ4v) is 0.928. The summed E-state index contributed by atoms with van der Waals surface area (Å²) in [5, 5.41) is 23.2. The molecule has 0 spiro atoms. The summed E-state index contributed by atoms with van der Waals surface area (Å²) >= 11 is 0. The van der Waals surface area contributed by atoms with Crippen molar-refractivity contribution in [1.29, 1.82) is 0 Å². The van der Waals surface area contributed by atoms with Gasteiger partial charge in [0.1, 0.15) is 0 Å². The number of rotatable bonds is 7. The molecule has 0 saturated heterocycles. The van der Waals surface area contributed by atoms with Gasteiger partial charge in [0.05, 0.1) is 18.8 Å². The van der Waals surface area contributed by atoms with E-state index in [1.54, 1.807) is 6.92 Å². The topological polar surface area (TPSA) is 81.6 Å². The molecule has 0 aromatic heterocycles. The van der Waals surface area contributed by atoms with E-state index < -0.39 is 6.10 Å². The number of aliphatic hydroxyl groups excluding tert-OH is 2. The Morgan fingerprint density at radius 2 is 1.87 bits per heavy atom. The lowest BCUT2D eigenvalue weighted by Crippen LogP contribution is -2.46. The van der Waals surface area contributed by atoms with Crippen LogP contribution >= 0.6 is 0 Å². The zero-order chi connectivity index (χ0) is 11.8. The van der Waals surface area contributed by atoms with Gasteiger partial charge in [-0.05, 0) is 12.8 Å². The van der Waals surface area contributed by atoms with Crippen molar-refractivity contribution in [2.75, 3.05) is 19.7 Å². The van der Waals surface area contributed by atoms with Gasteiger partial charge in [0.25, 0.3) is 0 Å². The summed E-state index contributed by atoms with van der Waals surface area (Å²) in [5.74, 6) is 0.332. The molecule has 1 amide bonds. The van der Waals surface area contributed by atoms with Crippen LogP contribution in [0.5, 0.6) is 0 Å². The van der Waals surface area contributed by atoms with Gasteiger partial charge in [-0.2, -0.15) is 0 Å². The molecule has 0 aliphatic rings. The molecular weight excluding hydrogens is 196 g/mol. The number of aliphatic hydroxyl groups is 2. The average Bonchev–Trinajstić information content (AvgIpc) is 2.21. The molecule has 0 aliphatic carbocycles. The molecule has 1 unspecified atom stereocenters. The largest absolute Gasteiger partial charge is 0.394 e. The predicted octanol–water partition coefficient (Wildman–Crippen LogP) is -0.910. The first-order chi connectivity index (χ1) is 6.97. The normalized spacial score (nSPS) is 15.1. The maximum Gasteiger partial charge on any atom is 0.236 e. The second-order valence-corrected chi connectivity index (χ2v) is 4.11. The highest BCUT2D eigenvalue weighted by molar-refractivity contribution is 5.81. The fraction of sp³-hybridized carbons (Fsp3) is 0.900. The lowest BCUT2D eigenvalue weighted by atomic mass is 10.2. The highest BCUT2D eigenvalue weighted by Gasteiger charge is 2.13. The molecular formula is C10H22N2O3. The highest BCUT2D eigenvalue weighted by atomic mass is 16.3. The van der Waals surface area contributed by atoms with E-state index in [1.807, 2.05) is 13.8 Å². The van der Waals surface area contributed by atoms with E-state index in [4.69, 9.17) is 10.2 Å². The Morgan fingerprint density at radius 3 is 2.33 bits per heavy atom. The summed E-state index contributed by atoms with van der Waals surface area (Å²) in [4.78, 5) is 11.4. The van der Waals surface area contributed by atoms with Gasteiger partial charge in [-0.25, -0.2) is 0 Å². The van der Waals surface area contributed by atoms with Crippen LogP contribution in [0.1, 0.15) is 20.8 Å². The molecule has 15 heavy (non-hydrogen) atoms. The molecule has 5 nitrogen and oxygen atoms in total. The predicted molar refractivity (Wildman–Crippen MR) is 58.4 cm³/mol. The summed E-state index contributed by atoms with van der Waals surface area (Å²) in [6.07, 6.45) is -0.814. The molecule has 5 heteroatoms. The van der Waals surface area contributed by atoms with Gasteiger partial charge in [0.2, 0.25) is 5.91 Å². The van der Waals surface area contributed by atoms with Crippen LogP contribution in [0.4, 0.5) is 0 Å². The molecule has 4 N–H and O–H groups in total. The minimum atomic E-state index is -0.814. The summed E-state index contributed by atoms with van der Waals surface area (Å²) < 4.78 is 0. The van der Waals surface area contributed by atoms with Crippen molar-refractivity contribution in [2.24, 2.45) is 5.92 Å². The molecule has 0 heterocycles. The third-order valence-corrected chi connectivity index (χ3v) is 1.95. The van der Waals surface area contributed by atoms with E-state index in [-0.39, 0.29) is 25.1 Å². The molecule has 90 valence electrons. The van der Waals surface area contributed by atoms with Crippen molar-refractivity contribution in [2.45, 2.75) is 32.9 Å². The molecule has 2 atom stereocenters. The Labute approximate surface area is 90.9 Å².